The number of benzene rings is 4. The van der Waals surface area contributed by atoms with E-state index in [0.717, 1.165) is 102 Å². The molecule has 2 bridgehead atoms. The van der Waals surface area contributed by atoms with Crippen LogP contribution < -0.4 is 25.2 Å². The smallest absolute Gasteiger partial charge is 0.298 e. The fourth-order valence-electron chi connectivity index (χ4n) is 11.5. The molecule has 0 saturated carbocycles. The maximum Gasteiger partial charge on any atom is 0.298 e. The van der Waals surface area contributed by atoms with Crippen LogP contribution in [0.25, 0.3) is 32.3 Å². The number of thiophene rings is 1. The van der Waals surface area contributed by atoms with Crippen LogP contribution in [0.3, 0.4) is 0 Å². The summed E-state index contributed by atoms with van der Waals surface area (Å²) in [7, 11) is 0.298. The van der Waals surface area contributed by atoms with Gasteiger partial charge in [-0.05, 0) is 136 Å². The van der Waals surface area contributed by atoms with Crippen molar-refractivity contribution < 1.29 is 32.5 Å². The quantitative estimate of drug-likeness (QED) is 0.0592. The lowest BCUT2D eigenvalue weighted by Gasteiger charge is -2.50. The summed E-state index contributed by atoms with van der Waals surface area (Å²) < 4.78 is 28.6. The topological polar surface area (TPSA) is 154 Å². The van der Waals surface area contributed by atoms with Gasteiger partial charge in [0.15, 0.2) is 23.9 Å². The highest BCUT2D eigenvalue weighted by Gasteiger charge is 2.57. The molecular formula is C54H59ClN6O7S2. The number of halogens is 1. The van der Waals surface area contributed by atoms with Gasteiger partial charge >= 0.3 is 0 Å². The number of likely N-dealkylation sites (N-methyl/N-ethyl adjacent to an activating group) is 1. The standard InChI is InChI=1S/C54H59ClN6O7S2/c1-6-7-14-44(51(65)56-5)60(33-64)43-17-16-40(41-13-8-10-34(2)47(41)43)36-19-23-59(24-20-36)52-58-42-27-35(15-18-45(42)68-52)32-70(66)61-53(3)21-22-54(61,4)30-39(29-53)57-38-12-9-11-37(28-38)50-48(55)49(67-26-25-62)46(31-63)69-50/h6,8-13,15-18,25,27-28,31,33,36,39,44,57H,1,7,14,19-24,26,29-30,32H2,2-5H3,(H,56,65). The number of aldehydes is 2. The van der Waals surface area contributed by atoms with Gasteiger partial charge < -0.3 is 29.6 Å². The van der Waals surface area contributed by atoms with Crippen LogP contribution in [0.1, 0.15) is 97.5 Å². The molecule has 9 rings (SSSR count). The molecule has 5 heterocycles. The van der Waals surface area contributed by atoms with Crippen LogP contribution in [0.2, 0.25) is 5.02 Å². The Labute approximate surface area is 420 Å². The average molecular weight is 1000 g/mol. The van der Waals surface area contributed by atoms with E-state index in [-0.39, 0.29) is 41.3 Å². The minimum absolute atomic E-state index is 0.136. The van der Waals surface area contributed by atoms with E-state index in [2.05, 4.69) is 71.5 Å². The number of oxazole rings is 1. The summed E-state index contributed by atoms with van der Waals surface area (Å²) in [5.74, 6) is 0.654. The maximum atomic E-state index is 14.5. The molecule has 3 saturated heterocycles. The van der Waals surface area contributed by atoms with Crippen molar-refractivity contribution >= 4 is 98.1 Å². The fraction of sp³-hybridized carbons (Fsp3) is 0.389. The molecule has 4 aromatic carbocycles. The molecule has 2 aromatic heterocycles. The molecule has 6 aromatic rings. The number of amides is 2. The van der Waals surface area contributed by atoms with Crippen molar-refractivity contribution in [3.63, 3.8) is 0 Å². The minimum atomic E-state index is -1.30. The first-order valence-electron chi connectivity index (χ1n) is 23.9. The summed E-state index contributed by atoms with van der Waals surface area (Å²) >= 11 is 7.91. The number of piperidine rings is 2. The molecule has 4 atom stereocenters. The zero-order valence-electron chi connectivity index (χ0n) is 40.0. The van der Waals surface area contributed by atoms with Crippen molar-refractivity contribution in [2.75, 3.05) is 41.9 Å². The first-order valence-corrected chi connectivity index (χ1v) is 26.4. The highest BCUT2D eigenvalue weighted by molar-refractivity contribution is 7.81. The zero-order chi connectivity index (χ0) is 49.3. The number of nitrogens with zero attached hydrogens (tertiary/aromatic N) is 4. The lowest BCUT2D eigenvalue weighted by atomic mass is 9.84. The van der Waals surface area contributed by atoms with Gasteiger partial charge in [-0.3, -0.25) is 19.2 Å². The molecule has 16 heteroatoms. The van der Waals surface area contributed by atoms with E-state index in [1.54, 1.807) is 18.0 Å². The van der Waals surface area contributed by atoms with Gasteiger partial charge in [-0.1, -0.05) is 60.1 Å². The van der Waals surface area contributed by atoms with Gasteiger partial charge in [0.2, 0.25) is 12.3 Å². The molecule has 2 N–H and O–H groups in total. The van der Waals surface area contributed by atoms with Gasteiger partial charge in [0.25, 0.3) is 6.01 Å². The molecule has 0 radical (unpaired) electrons. The predicted octanol–water partition coefficient (Wildman–Crippen LogP) is 10.5. The molecule has 4 unspecified atom stereocenters. The Bertz CT molecular complexity index is 2980. The zero-order valence-corrected chi connectivity index (χ0v) is 42.4. The predicted molar refractivity (Wildman–Crippen MR) is 281 cm³/mol. The van der Waals surface area contributed by atoms with E-state index in [1.807, 2.05) is 48.5 Å². The number of anilines is 3. The van der Waals surface area contributed by atoms with Crippen molar-refractivity contribution in [2.45, 2.75) is 107 Å². The second kappa shape index (κ2) is 20.5. The van der Waals surface area contributed by atoms with E-state index in [9.17, 15) is 23.4 Å². The lowest BCUT2D eigenvalue weighted by Crippen LogP contribution is -2.59. The highest BCUT2D eigenvalue weighted by Crippen LogP contribution is 2.53. The van der Waals surface area contributed by atoms with Crippen LogP contribution in [-0.4, -0.2) is 88.3 Å². The van der Waals surface area contributed by atoms with Crippen LogP contribution >= 0.6 is 22.9 Å². The second-order valence-corrected chi connectivity index (χ2v) is 22.1. The number of carbonyl (C=O) groups is 4. The molecule has 2 amide bonds. The van der Waals surface area contributed by atoms with Crippen LogP contribution in [-0.2, 0) is 31.1 Å². The Morgan fingerprint density at radius 1 is 1.06 bits per heavy atom. The normalized spacial score (nSPS) is 21.3. The monoisotopic (exact) mass is 1000 g/mol. The molecule has 70 heavy (non-hydrogen) atoms. The van der Waals surface area contributed by atoms with Gasteiger partial charge in [-0.25, -0.2) is 8.51 Å². The van der Waals surface area contributed by atoms with E-state index in [1.165, 1.54) is 16.9 Å². The summed E-state index contributed by atoms with van der Waals surface area (Å²) in [6, 6.07) is 24.3. The van der Waals surface area contributed by atoms with Crippen LogP contribution in [0.4, 0.5) is 17.4 Å². The Balaban J connectivity index is 0.854. The first kappa shape index (κ1) is 49.1. The third-order valence-corrected chi connectivity index (χ3v) is 18.1. The van der Waals surface area contributed by atoms with Crippen molar-refractivity contribution in [2.24, 2.45) is 0 Å². The van der Waals surface area contributed by atoms with Crippen molar-refractivity contribution in [1.82, 2.24) is 14.6 Å². The Morgan fingerprint density at radius 3 is 2.51 bits per heavy atom. The van der Waals surface area contributed by atoms with Crippen LogP contribution in [0, 0.1) is 6.92 Å². The van der Waals surface area contributed by atoms with Gasteiger partial charge in [-0.15, -0.1) is 17.9 Å². The number of fused-ring (bicyclic) bond motifs is 4. The third kappa shape index (κ3) is 9.40. The third-order valence-electron chi connectivity index (χ3n) is 14.6. The number of aryl methyl sites for hydroxylation is 1. The number of carbonyl (C=O) groups excluding carboxylic acids is 4. The summed E-state index contributed by atoms with van der Waals surface area (Å²) in [5.41, 5.74) is 6.57. The minimum Gasteiger partial charge on any atom is -0.483 e. The van der Waals surface area contributed by atoms with Crippen LogP contribution in [0.5, 0.6) is 5.75 Å². The Hall–Kier alpha value is -5.87. The summed E-state index contributed by atoms with van der Waals surface area (Å²) in [6.45, 7) is 11.7. The van der Waals surface area contributed by atoms with Gasteiger partial charge in [-0.2, -0.15) is 4.98 Å². The summed E-state index contributed by atoms with van der Waals surface area (Å²) in [5, 5.41) is 8.88. The second-order valence-electron chi connectivity index (χ2n) is 19.4. The number of rotatable bonds is 19. The summed E-state index contributed by atoms with van der Waals surface area (Å²) in [6.07, 6.45) is 10.2. The Kier molecular flexibility index (Phi) is 14.4. The molecule has 0 aliphatic carbocycles. The van der Waals surface area contributed by atoms with Gasteiger partial charge in [0, 0.05) is 48.3 Å². The van der Waals surface area contributed by atoms with E-state index < -0.39 is 17.0 Å². The average Bonchev–Trinajstić information content (AvgIpc) is 3.98. The molecular weight excluding hydrogens is 944 g/mol. The number of ether oxygens (including phenoxy) is 1. The number of hydrogen-bond donors (Lipinski definition) is 2. The van der Waals surface area contributed by atoms with Crippen LogP contribution in [0.15, 0.2) is 89.9 Å². The fourth-order valence-corrected chi connectivity index (χ4v) is 14.8. The first-order chi connectivity index (χ1) is 33.8. The molecule has 3 aliphatic rings. The van der Waals surface area contributed by atoms with Crippen molar-refractivity contribution in [3.05, 3.63) is 112 Å². The van der Waals surface area contributed by atoms with Crippen molar-refractivity contribution in [3.8, 4) is 16.2 Å². The number of hydrogen-bond acceptors (Lipinski definition) is 11. The number of allylic oxidation sites excluding steroid dienone is 1. The van der Waals surface area contributed by atoms with Gasteiger partial charge in [0.1, 0.15) is 28.1 Å². The van der Waals surface area contributed by atoms with E-state index >= 15 is 0 Å². The van der Waals surface area contributed by atoms with E-state index in [4.69, 9.17) is 25.7 Å². The molecule has 366 valence electrons. The molecule has 3 fully saturated rings. The van der Waals surface area contributed by atoms with E-state index in [0.29, 0.717) is 57.5 Å². The molecule has 0 spiro atoms. The number of nitrogens with one attached hydrogen (secondary N) is 2. The molecule has 3 aliphatic heterocycles. The largest absolute Gasteiger partial charge is 0.483 e. The molecule has 13 nitrogen and oxygen atoms in total. The Morgan fingerprint density at radius 2 is 1.81 bits per heavy atom. The SMILES string of the molecule is C=CCCC(C(=O)NC)N(C=O)c1ccc(C2CCN(c3nc4cc(CS(=O)N5C6(C)CCC5(C)CC(Nc5cccc(-c7sc(C=O)c(OCC=O)c7Cl)c5)C6)ccc4o3)CC2)c2cccc(C)c12. The number of aromatic nitrogens is 1. The lowest BCUT2D eigenvalue weighted by molar-refractivity contribution is -0.123. The van der Waals surface area contributed by atoms with Crippen molar-refractivity contribution in [1.29, 1.82) is 0 Å². The summed E-state index contributed by atoms with van der Waals surface area (Å²) in [4.78, 5) is 58.2. The maximum absolute atomic E-state index is 14.5. The highest BCUT2D eigenvalue weighted by atomic mass is 35.5. The van der Waals surface area contributed by atoms with Gasteiger partial charge in [0.05, 0.1) is 27.3 Å².